The second kappa shape index (κ2) is 10.4. The molecule has 0 radical (unpaired) electrons. The number of aryl methyl sites for hydroxylation is 1. The number of amides is 1. The van der Waals surface area contributed by atoms with Crippen molar-refractivity contribution in [3.05, 3.63) is 41.9 Å². The largest absolute Gasteiger partial charge is 0.443 e. The monoisotopic (exact) mass is 426 g/mol. The number of aromatic nitrogens is 1. The SMILES string of the molecule is Cc1cccc(-c2ocnc2C(=O)N(CCCN2CCN(C)CC2)C2CCOCC2)c1. The van der Waals surface area contributed by atoms with Gasteiger partial charge in [-0.3, -0.25) is 4.79 Å². The Morgan fingerprint density at radius 1 is 1.19 bits per heavy atom. The molecule has 0 bridgehead atoms. The minimum Gasteiger partial charge on any atom is -0.443 e. The smallest absolute Gasteiger partial charge is 0.276 e. The maximum absolute atomic E-state index is 13.7. The van der Waals surface area contributed by atoms with Crippen LogP contribution in [0.1, 0.15) is 35.3 Å². The van der Waals surface area contributed by atoms with Crippen molar-refractivity contribution in [3.63, 3.8) is 0 Å². The van der Waals surface area contributed by atoms with Crippen LogP contribution < -0.4 is 0 Å². The lowest BCUT2D eigenvalue weighted by atomic mass is 10.0. The summed E-state index contributed by atoms with van der Waals surface area (Å²) < 4.78 is 11.2. The highest BCUT2D eigenvalue weighted by molar-refractivity contribution is 5.97. The van der Waals surface area contributed by atoms with Gasteiger partial charge in [-0.25, -0.2) is 4.98 Å². The lowest BCUT2D eigenvalue weighted by molar-refractivity contribution is 0.0273. The van der Waals surface area contributed by atoms with Gasteiger partial charge in [0.1, 0.15) is 0 Å². The summed E-state index contributed by atoms with van der Waals surface area (Å²) in [6, 6.07) is 8.21. The molecule has 0 N–H and O–H groups in total. The Labute approximate surface area is 185 Å². The first-order valence-electron chi connectivity index (χ1n) is 11.4. The third kappa shape index (κ3) is 5.53. The van der Waals surface area contributed by atoms with Crippen molar-refractivity contribution in [3.8, 4) is 11.3 Å². The number of likely N-dealkylation sites (N-methyl/N-ethyl adjacent to an activating group) is 1. The van der Waals surface area contributed by atoms with E-state index in [4.69, 9.17) is 9.15 Å². The number of hydrogen-bond donors (Lipinski definition) is 0. The predicted octanol–water partition coefficient (Wildman–Crippen LogP) is 2.91. The molecule has 0 spiro atoms. The molecule has 0 saturated carbocycles. The van der Waals surface area contributed by atoms with Gasteiger partial charge in [-0.1, -0.05) is 23.8 Å². The molecule has 1 aromatic heterocycles. The summed E-state index contributed by atoms with van der Waals surface area (Å²) in [6.07, 6.45) is 4.09. The summed E-state index contributed by atoms with van der Waals surface area (Å²) in [4.78, 5) is 24.9. The van der Waals surface area contributed by atoms with Gasteiger partial charge >= 0.3 is 0 Å². The number of oxazole rings is 1. The number of carbonyl (C=O) groups is 1. The van der Waals surface area contributed by atoms with Gasteiger partial charge in [-0.15, -0.1) is 0 Å². The van der Waals surface area contributed by atoms with Crippen molar-refractivity contribution >= 4 is 5.91 Å². The molecule has 4 rings (SSSR count). The summed E-state index contributed by atoms with van der Waals surface area (Å²) >= 11 is 0. The number of rotatable bonds is 7. The quantitative estimate of drug-likeness (QED) is 0.679. The van der Waals surface area contributed by atoms with E-state index in [-0.39, 0.29) is 11.9 Å². The molecule has 0 atom stereocenters. The van der Waals surface area contributed by atoms with Crippen LogP contribution in [0.25, 0.3) is 11.3 Å². The standard InChI is InChI=1S/C24H34N4O3/c1-19-5-3-6-20(17-19)23-22(25-18-31-23)24(29)28(21-7-15-30-16-8-21)10-4-9-27-13-11-26(2)12-14-27/h3,5-6,17-18,21H,4,7-16H2,1-2H3. The molecule has 7 nitrogen and oxygen atoms in total. The summed E-state index contributed by atoms with van der Waals surface area (Å²) in [7, 11) is 2.17. The number of piperazine rings is 1. The molecule has 2 aliphatic rings. The fraction of sp³-hybridized carbons (Fsp3) is 0.583. The van der Waals surface area contributed by atoms with Crippen molar-refractivity contribution in [1.82, 2.24) is 19.7 Å². The van der Waals surface area contributed by atoms with Crippen LogP contribution >= 0.6 is 0 Å². The molecule has 2 aromatic rings. The van der Waals surface area contributed by atoms with Gasteiger partial charge in [-0.2, -0.15) is 0 Å². The first-order chi connectivity index (χ1) is 15.1. The Morgan fingerprint density at radius 3 is 2.71 bits per heavy atom. The van der Waals surface area contributed by atoms with Gasteiger partial charge in [0.2, 0.25) is 0 Å². The van der Waals surface area contributed by atoms with Gasteiger partial charge in [0.25, 0.3) is 5.91 Å². The molecule has 1 amide bonds. The second-order valence-electron chi connectivity index (χ2n) is 8.74. The fourth-order valence-corrected chi connectivity index (χ4v) is 4.51. The predicted molar refractivity (Wildman–Crippen MR) is 120 cm³/mol. The molecule has 3 heterocycles. The van der Waals surface area contributed by atoms with Crippen LogP contribution in [0, 0.1) is 6.92 Å². The average Bonchev–Trinajstić information content (AvgIpc) is 3.28. The van der Waals surface area contributed by atoms with Crippen molar-refractivity contribution < 1.29 is 13.9 Å². The Kier molecular flexibility index (Phi) is 7.37. The van der Waals surface area contributed by atoms with Crippen LogP contribution in [-0.4, -0.2) is 91.2 Å². The average molecular weight is 427 g/mol. The first kappa shape index (κ1) is 22.0. The molecule has 1 aromatic carbocycles. The summed E-state index contributed by atoms with van der Waals surface area (Å²) in [5.74, 6) is 0.528. The number of ether oxygens (including phenoxy) is 1. The van der Waals surface area contributed by atoms with Gasteiger partial charge in [0, 0.05) is 57.5 Å². The lowest BCUT2D eigenvalue weighted by Gasteiger charge is -2.36. The molecule has 31 heavy (non-hydrogen) atoms. The zero-order chi connectivity index (χ0) is 21.6. The van der Waals surface area contributed by atoms with E-state index in [1.54, 1.807) is 0 Å². The Morgan fingerprint density at radius 2 is 1.97 bits per heavy atom. The van der Waals surface area contributed by atoms with Crippen LogP contribution in [0.4, 0.5) is 0 Å². The van der Waals surface area contributed by atoms with E-state index in [0.29, 0.717) is 24.7 Å². The number of carbonyl (C=O) groups excluding carboxylic acids is 1. The summed E-state index contributed by atoms with van der Waals surface area (Å²) in [6.45, 7) is 9.62. The third-order valence-corrected chi connectivity index (χ3v) is 6.41. The van der Waals surface area contributed by atoms with Crippen molar-refractivity contribution in [2.75, 3.05) is 59.5 Å². The highest BCUT2D eigenvalue weighted by Crippen LogP contribution is 2.27. The van der Waals surface area contributed by atoms with E-state index in [0.717, 1.165) is 69.7 Å². The number of benzene rings is 1. The van der Waals surface area contributed by atoms with Crippen molar-refractivity contribution in [2.45, 2.75) is 32.2 Å². The maximum atomic E-state index is 13.7. The normalized spacial score (nSPS) is 18.9. The van der Waals surface area contributed by atoms with Crippen molar-refractivity contribution in [2.24, 2.45) is 0 Å². The minimum atomic E-state index is -0.0319. The van der Waals surface area contributed by atoms with Crippen LogP contribution in [0.3, 0.4) is 0 Å². The molecule has 2 fully saturated rings. The van der Waals surface area contributed by atoms with Crippen LogP contribution in [-0.2, 0) is 4.74 Å². The number of hydrogen-bond acceptors (Lipinski definition) is 6. The Hall–Kier alpha value is -2.22. The third-order valence-electron chi connectivity index (χ3n) is 6.41. The first-order valence-corrected chi connectivity index (χ1v) is 11.4. The van der Waals surface area contributed by atoms with Crippen LogP contribution in [0.2, 0.25) is 0 Å². The molecular formula is C24H34N4O3. The van der Waals surface area contributed by atoms with E-state index >= 15 is 0 Å². The van der Waals surface area contributed by atoms with Gasteiger partial charge in [-0.05, 0) is 45.8 Å². The minimum absolute atomic E-state index is 0.0319. The highest BCUT2D eigenvalue weighted by atomic mass is 16.5. The van der Waals surface area contributed by atoms with Crippen molar-refractivity contribution in [1.29, 1.82) is 0 Å². The molecule has 7 heteroatoms. The fourth-order valence-electron chi connectivity index (χ4n) is 4.51. The molecule has 168 valence electrons. The zero-order valence-corrected chi connectivity index (χ0v) is 18.8. The van der Waals surface area contributed by atoms with E-state index in [1.165, 1.54) is 6.39 Å². The highest BCUT2D eigenvalue weighted by Gasteiger charge is 2.30. The Bertz CT molecular complexity index is 854. The maximum Gasteiger partial charge on any atom is 0.276 e. The molecular weight excluding hydrogens is 392 g/mol. The van der Waals surface area contributed by atoms with Gasteiger partial charge in [0.05, 0.1) is 0 Å². The van der Waals surface area contributed by atoms with E-state index in [1.807, 2.05) is 36.1 Å². The molecule has 0 aliphatic carbocycles. The van der Waals surface area contributed by atoms with Crippen LogP contribution in [0.5, 0.6) is 0 Å². The zero-order valence-electron chi connectivity index (χ0n) is 18.8. The second-order valence-corrected chi connectivity index (χ2v) is 8.74. The van der Waals surface area contributed by atoms with E-state index in [9.17, 15) is 4.79 Å². The van der Waals surface area contributed by atoms with Crippen LogP contribution in [0.15, 0.2) is 35.1 Å². The van der Waals surface area contributed by atoms with E-state index < -0.39 is 0 Å². The van der Waals surface area contributed by atoms with Gasteiger partial charge < -0.3 is 23.9 Å². The molecule has 2 saturated heterocycles. The molecule has 0 unspecified atom stereocenters. The summed E-state index contributed by atoms with van der Waals surface area (Å²) in [5, 5.41) is 0. The lowest BCUT2D eigenvalue weighted by Crippen LogP contribution is -2.47. The Balaban J connectivity index is 1.47. The van der Waals surface area contributed by atoms with E-state index in [2.05, 4.69) is 21.8 Å². The van der Waals surface area contributed by atoms with Gasteiger partial charge in [0.15, 0.2) is 17.8 Å². The molecule has 2 aliphatic heterocycles. The number of nitrogens with zero attached hydrogens (tertiary/aromatic N) is 4. The summed E-state index contributed by atoms with van der Waals surface area (Å²) in [5.41, 5.74) is 2.43. The topological polar surface area (TPSA) is 62.1 Å².